The summed E-state index contributed by atoms with van der Waals surface area (Å²) in [6.07, 6.45) is 1.72. The highest BCUT2D eigenvalue weighted by atomic mass is 16.6. The first-order chi connectivity index (χ1) is 9.32. The fourth-order valence-electron chi connectivity index (χ4n) is 1.97. The van der Waals surface area contributed by atoms with Gasteiger partial charge >= 0.3 is 11.8 Å². The van der Waals surface area contributed by atoms with Crippen LogP contribution in [0.2, 0.25) is 0 Å². The third kappa shape index (κ3) is 4.30. The van der Waals surface area contributed by atoms with Crippen molar-refractivity contribution in [1.29, 1.82) is 0 Å². The van der Waals surface area contributed by atoms with Gasteiger partial charge in [0, 0.05) is 13.5 Å². The van der Waals surface area contributed by atoms with Crippen LogP contribution in [0.3, 0.4) is 0 Å². The monoisotopic (exact) mass is 284 g/mol. The van der Waals surface area contributed by atoms with E-state index in [1.807, 2.05) is 13.8 Å². The van der Waals surface area contributed by atoms with Crippen LogP contribution < -0.4 is 5.32 Å². The zero-order valence-electron chi connectivity index (χ0n) is 11.9. The Morgan fingerprint density at radius 2 is 2.25 bits per heavy atom. The van der Waals surface area contributed by atoms with Crippen molar-refractivity contribution in [2.24, 2.45) is 5.92 Å². The number of aliphatic carboxylic acids is 1. The fraction of sp³-hybridized carbons (Fsp3) is 0.667. The molecule has 0 bridgehead atoms. The van der Waals surface area contributed by atoms with E-state index in [0.29, 0.717) is 25.3 Å². The minimum absolute atomic E-state index is 0.0833. The number of carbonyl (C=O) groups is 1. The van der Waals surface area contributed by atoms with Crippen LogP contribution >= 0.6 is 0 Å². The number of imidazole rings is 1. The Labute approximate surface area is 117 Å². The molecule has 0 saturated heterocycles. The number of rotatable bonds is 8. The van der Waals surface area contributed by atoms with Gasteiger partial charge in [0.25, 0.3) is 0 Å². The summed E-state index contributed by atoms with van der Waals surface area (Å²) < 4.78 is 1.46. The van der Waals surface area contributed by atoms with Gasteiger partial charge in [-0.05, 0) is 17.3 Å². The van der Waals surface area contributed by atoms with Gasteiger partial charge in [0.1, 0.15) is 18.8 Å². The van der Waals surface area contributed by atoms with E-state index in [0.717, 1.165) is 0 Å². The average molecular weight is 284 g/mol. The van der Waals surface area contributed by atoms with Crippen LogP contribution in [0.5, 0.6) is 0 Å². The highest BCUT2D eigenvalue weighted by Gasteiger charge is 2.20. The molecule has 0 aliphatic heterocycles. The van der Waals surface area contributed by atoms with Gasteiger partial charge in [-0.1, -0.05) is 13.8 Å². The maximum atomic E-state index is 11.1. The van der Waals surface area contributed by atoms with Crippen molar-refractivity contribution < 1.29 is 14.8 Å². The van der Waals surface area contributed by atoms with Gasteiger partial charge in [0.05, 0.1) is 0 Å². The summed E-state index contributed by atoms with van der Waals surface area (Å²) in [7, 11) is 0. The molecule has 0 saturated carbocycles. The van der Waals surface area contributed by atoms with Crippen molar-refractivity contribution in [2.45, 2.75) is 39.8 Å². The molecule has 8 heteroatoms. The molecule has 2 N–H and O–H groups in total. The van der Waals surface area contributed by atoms with Crippen LogP contribution in [0.15, 0.2) is 6.20 Å². The number of carboxylic acid groups (broad SMARTS) is 1. The molecular weight excluding hydrogens is 264 g/mol. The summed E-state index contributed by atoms with van der Waals surface area (Å²) in [6, 6.07) is -0.641. The van der Waals surface area contributed by atoms with Crippen LogP contribution in [0, 0.1) is 23.0 Å². The van der Waals surface area contributed by atoms with Gasteiger partial charge in [-0.25, -0.2) is 9.55 Å². The molecule has 0 fully saturated rings. The third-order valence-corrected chi connectivity index (χ3v) is 2.95. The molecule has 1 unspecified atom stereocenters. The molecular formula is C12H20N4O4. The zero-order valence-corrected chi connectivity index (χ0v) is 11.9. The highest BCUT2D eigenvalue weighted by Crippen LogP contribution is 2.13. The van der Waals surface area contributed by atoms with Crippen LogP contribution in [0.1, 0.15) is 26.1 Å². The molecule has 1 atom stereocenters. The topological polar surface area (TPSA) is 110 Å². The van der Waals surface area contributed by atoms with Crippen molar-refractivity contribution in [2.75, 3.05) is 6.54 Å². The number of aryl methyl sites for hydroxylation is 1. The van der Waals surface area contributed by atoms with Crippen LogP contribution in [-0.2, 0) is 11.3 Å². The minimum atomic E-state index is -0.907. The summed E-state index contributed by atoms with van der Waals surface area (Å²) in [6.45, 7) is 6.21. The highest BCUT2D eigenvalue weighted by molar-refractivity contribution is 5.73. The quantitative estimate of drug-likeness (QED) is 0.548. The number of hydrogen-bond acceptors (Lipinski definition) is 5. The first-order valence-corrected chi connectivity index (χ1v) is 6.45. The maximum Gasteiger partial charge on any atom is 0.342 e. The largest absolute Gasteiger partial charge is 0.480 e. The first-order valence-electron chi connectivity index (χ1n) is 6.45. The Balaban J connectivity index is 2.61. The lowest BCUT2D eigenvalue weighted by molar-refractivity contribution is -0.392. The molecule has 1 heterocycles. The Kier molecular flexibility index (Phi) is 5.63. The summed E-state index contributed by atoms with van der Waals surface area (Å²) in [5.74, 6) is -0.197. The standard InChI is InChI=1S/C12H20N4O4/c1-8(2)6-10(12(17)18)13-4-5-15-9(3)14-7-11(15)16(19)20/h7-8,10,13H,4-6H2,1-3H3,(H,17,18). The number of aromatic nitrogens is 2. The van der Waals surface area contributed by atoms with Crippen molar-refractivity contribution in [1.82, 2.24) is 14.9 Å². The predicted molar refractivity (Wildman–Crippen MR) is 72.5 cm³/mol. The van der Waals surface area contributed by atoms with Gasteiger partial charge in [0.2, 0.25) is 0 Å². The lowest BCUT2D eigenvalue weighted by atomic mass is 10.0. The summed E-state index contributed by atoms with van der Waals surface area (Å²) in [4.78, 5) is 25.3. The van der Waals surface area contributed by atoms with Crippen molar-refractivity contribution >= 4 is 11.8 Å². The second kappa shape index (κ2) is 6.99. The molecule has 0 aromatic carbocycles. The Bertz CT molecular complexity index is 484. The number of nitrogens with zero attached hydrogens (tertiary/aromatic N) is 3. The normalized spacial score (nSPS) is 12.6. The van der Waals surface area contributed by atoms with Crippen LogP contribution in [0.4, 0.5) is 5.82 Å². The Hall–Kier alpha value is -1.96. The Morgan fingerprint density at radius 1 is 1.60 bits per heavy atom. The SMILES string of the molecule is Cc1ncc([N+](=O)[O-])n1CCNC(CC(C)C)C(=O)O. The molecule has 0 aliphatic carbocycles. The van der Waals surface area contributed by atoms with E-state index in [2.05, 4.69) is 10.3 Å². The van der Waals surface area contributed by atoms with Crippen LogP contribution in [0.25, 0.3) is 0 Å². The van der Waals surface area contributed by atoms with E-state index in [-0.39, 0.29) is 11.7 Å². The van der Waals surface area contributed by atoms with Gasteiger partial charge in [-0.2, -0.15) is 0 Å². The van der Waals surface area contributed by atoms with E-state index in [9.17, 15) is 14.9 Å². The molecule has 0 radical (unpaired) electrons. The van der Waals surface area contributed by atoms with Gasteiger partial charge in [-0.3, -0.25) is 4.79 Å². The molecule has 0 spiro atoms. The Morgan fingerprint density at radius 3 is 2.75 bits per heavy atom. The van der Waals surface area contributed by atoms with E-state index in [1.54, 1.807) is 6.92 Å². The minimum Gasteiger partial charge on any atom is -0.480 e. The van der Waals surface area contributed by atoms with E-state index < -0.39 is 16.9 Å². The molecule has 0 aliphatic rings. The summed E-state index contributed by atoms with van der Waals surface area (Å²) in [5.41, 5.74) is 0. The smallest absolute Gasteiger partial charge is 0.342 e. The fourth-order valence-corrected chi connectivity index (χ4v) is 1.97. The number of nitrogens with one attached hydrogen (secondary N) is 1. The molecule has 1 aromatic heterocycles. The number of hydrogen-bond donors (Lipinski definition) is 2. The van der Waals surface area contributed by atoms with Crippen molar-refractivity contribution in [3.8, 4) is 0 Å². The second-order valence-electron chi connectivity index (χ2n) is 5.05. The maximum absolute atomic E-state index is 11.1. The average Bonchev–Trinajstić information content (AvgIpc) is 2.69. The van der Waals surface area contributed by atoms with E-state index in [4.69, 9.17) is 5.11 Å². The zero-order chi connectivity index (χ0) is 15.3. The van der Waals surface area contributed by atoms with Gasteiger partial charge in [-0.15, -0.1) is 0 Å². The first kappa shape index (κ1) is 16.1. The predicted octanol–water partition coefficient (Wildman–Crippen LogP) is 1.19. The molecule has 20 heavy (non-hydrogen) atoms. The van der Waals surface area contributed by atoms with Crippen molar-refractivity contribution in [3.05, 3.63) is 22.1 Å². The molecule has 8 nitrogen and oxygen atoms in total. The van der Waals surface area contributed by atoms with Crippen molar-refractivity contribution in [3.63, 3.8) is 0 Å². The lowest BCUT2D eigenvalue weighted by Crippen LogP contribution is -2.39. The van der Waals surface area contributed by atoms with E-state index in [1.165, 1.54) is 10.8 Å². The second-order valence-corrected chi connectivity index (χ2v) is 5.05. The number of carboxylic acids is 1. The van der Waals surface area contributed by atoms with Gasteiger partial charge in [0.15, 0.2) is 5.82 Å². The van der Waals surface area contributed by atoms with Gasteiger partial charge < -0.3 is 20.5 Å². The summed E-state index contributed by atoms with van der Waals surface area (Å²) >= 11 is 0. The summed E-state index contributed by atoms with van der Waals surface area (Å²) in [5, 5.41) is 22.8. The molecule has 0 amide bonds. The number of nitro groups is 1. The molecule has 112 valence electrons. The molecule has 1 aromatic rings. The molecule has 1 rings (SSSR count). The third-order valence-electron chi connectivity index (χ3n) is 2.95. The van der Waals surface area contributed by atoms with E-state index >= 15 is 0 Å². The van der Waals surface area contributed by atoms with Crippen LogP contribution in [-0.4, -0.2) is 38.1 Å². The lowest BCUT2D eigenvalue weighted by Gasteiger charge is -2.16.